The van der Waals surface area contributed by atoms with Crippen molar-refractivity contribution in [1.82, 2.24) is 0 Å². The molecule has 0 heterocycles. The molecule has 0 unspecified atom stereocenters. The molecule has 0 atom stereocenters. The Morgan fingerprint density at radius 3 is 2.17 bits per heavy atom. The van der Waals surface area contributed by atoms with Crippen molar-refractivity contribution in [3.63, 3.8) is 0 Å². The van der Waals surface area contributed by atoms with Crippen molar-refractivity contribution in [2.45, 2.75) is 0 Å². The largest absolute Gasteiger partial charge is 0.425 e. The summed E-state index contributed by atoms with van der Waals surface area (Å²) in [6, 6.07) is 15.0. The van der Waals surface area contributed by atoms with E-state index in [2.05, 4.69) is 0 Å². The average molecular weight is 242 g/mol. The second-order valence-electron chi connectivity index (χ2n) is 3.42. The number of rotatable bonds is 4. The van der Waals surface area contributed by atoms with E-state index in [1.165, 1.54) is 0 Å². The predicted octanol–water partition coefficient (Wildman–Crippen LogP) is 2.44. The van der Waals surface area contributed by atoms with Crippen molar-refractivity contribution >= 4 is 12.4 Å². The first-order valence-corrected chi connectivity index (χ1v) is 5.28. The zero-order valence-electron chi connectivity index (χ0n) is 9.41. The second kappa shape index (κ2) is 5.63. The summed E-state index contributed by atoms with van der Waals surface area (Å²) in [5.74, 6) is -0.0900. The zero-order chi connectivity index (χ0) is 12.8. The molecular formula is C14H10O4. The van der Waals surface area contributed by atoms with Crippen LogP contribution in [0.25, 0.3) is 0 Å². The standard InChI is InChI=1S/C14H10O4/c15-10-17-12-8-4-5-9-13(12)18-14(16)11-6-2-1-3-7-11/h1-10H. The van der Waals surface area contributed by atoms with Crippen LogP contribution in [0.5, 0.6) is 11.5 Å². The Hall–Kier alpha value is -2.62. The number of carbonyl (C=O) groups excluding carboxylic acids is 2. The maximum atomic E-state index is 11.8. The lowest BCUT2D eigenvalue weighted by molar-refractivity contribution is -0.120. The van der Waals surface area contributed by atoms with Gasteiger partial charge in [-0.3, -0.25) is 4.79 Å². The van der Waals surface area contributed by atoms with E-state index < -0.39 is 5.97 Å². The molecule has 0 radical (unpaired) electrons. The SMILES string of the molecule is O=COc1ccccc1OC(=O)c1ccccc1. The van der Waals surface area contributed by atoms with Gasteiger partial charge in [0.1, 0.15) is 0 Å². The summed E-state index contributed by atoms with van der Waals surface area (Å²) in [5, 5.41) is 0. The van der Waals surface area contributed by atoms with Gasteiger partial charge in [-0.1, -0.05) is 30.3 Å². The van der Waals surface area contributed by atoms with Gasteiger partial charge in [0.15, 0.2) is 11.5 Å². The van der Waals surface area contributed by atoms with Gasteiger partial charge in [0, 0.05) is 0 Å². The van der Waals surface area contributed by atoms with E-state index in [9.17, 15) is 9.59 Å². The van der Waals surface area contributed by atoms with E-state index in [1.807, 2.05) is 0 Å². The van der Waals surface area contributed by atoms with E-state index in [0.29, 0.717) is 5.56 Å². The average Bonchev–Trinajstić information content (AvgIpc) is 2.42. The quantitative estimate of drug-likeness (QED) is 0.469. The molecule has 0 N–H and O–H groups in total. The van der Waals surface area contributed by atoms with Crippen molar-refractivity contribution in [1.29, 1.82) is 0 Å². The molecule has 0 bridgehead atoms. The van der Waals surface area contributed by atoms with E-state index in [4.69, 9.17) is 9.47 Å². The maximum absolute atomic E-state index is 11.8. The molecule has 0 saturated carbocycles. The Bertz CT molecular complexity index is 549. The molecule has 0 fully saturated rings. The summed E-state index contributed by atoms with van der Waals surface area (Å²) in [4.78, 5) is 22.1. The first-order chi connectivity index (χ1) is 8.81. The Morgan fingerprint density at radius 1 is 0.889 bits per heavy atom. The normalized spacial score (nSPS) is 9.56. The van der Waals surface area contributed by atoms with E-state index in [-0.39, 0.29) is 18.0 Å². The van der Waals surface area contributed by atoms with Crippen LogP contribution in [0.2, 0.25) is 0 Å². The zero-order valence-corrected chi connectivity index (χ0v) is 9.41. The highest BCUT2D eigenvalue weighted by atomic mass is 16.6. The van der Waals surface area contributed by atoms with Crippen LogP contribution >= 0.6 is 0 Å². The van der Waals surface area contributed by atoms with E-state index in [1.54, 1.807) is 54.6 Å². The van der Waals surface area contributed by atoms with Crippen molar-refractivity contribution in [3.8, 4) is 11.5 Å². The monoisotopic (exact) mass is 242 g/mol. The van der Waals surface area contributed by atoms with Crippen molar-refractivity contribution in [2.24, 2.45) is 0 Å². The molecule has 2 rings (SSSR count). The highest BCUT2D eigenvalue weighted by molar-refractivity contribution is 5.91. The van der Waals surface area contributed by atoms with Crippen LogP contribution in [0, 0.1) is 0 Å². The molecule has 2 aromatic rings. The van der Waals surface area contributed by atoms with E-state index >= 15 is 0 Å². The highest BCUT2D eigenvalue weighted by Crippen LogP contribution is 2.26. The lowest BCUT2D eigenvalue weighted by Crippen LogP contribution is -2.09. The number of hydrogen-bond acceptors (Lipinski definition) is 4. The van der Waals surface area contributed by atoms with Gasteiger partial charge < -0.3 is 9.47 Å². The minimum Gasteiger partial charge on any atom is -0.425 e. The number of carbonyl (C=O) groups is 2. The van der Waals surface area contributed by atoms with Gasteiger partial charge in [-0.05, 0) is 24.3 Å². The number of benzene rings is 2. The molecule has 0 saturated heterocycles. The molecule has 0 spiro atoms. The molecule has 90 valence electrons. The van der Waals surface area contributed by atoms with Crippen LogP contribution in [0.15, 0.2) is 54.6 Å². The van der Waals surface area contributed by atoms with Crippen molar-refractivity contribution in [2.75, 3.05) is 0 Å². The Kier molecular flexibility index (Phi) is 3.71. The molecule has 2 aromatic carbocycles. The molecule has 4 nitrogen and oxygen atoms in total. The summed E-state index contributed by atoms with van der Waals surface area (Å²) >= 11 is 0. The van der Waals surface area contributed by atoms with Gasteiger partial charge in [-0.2, -0.15) is 0 Å². The predicted molar refractivity (Wildman–Crippen MR) is 64.5 cm³/mol. The third-order valence-electron chi connectivity index (χ3n) is 2.24. The Labute approximate surface area is 104 Å². The fourth-order valence-corrected chi connectivity index (χ4v) is 1.42. The lowest BCUT2D eigenvalue weighted by atomic mass is 10.2. The van der Waals surface area contributed by atoms with Crippen LogP contribution < -0.4 is 9.47 Å². The molecule has 0 aliphatic rings. The Morgan fingerprint density at radius 2 is 1.50 bits per heavy atom. The summed E-state index contributed by atoms with van der Waals surface area (Å²) in [6.07, 6.45) is 0. The van der Waals surface area contributed by atoms with Crippen molar-refractivity contribution in [3.05, 3.63) is 60.2 Å². The third kappa shape index (κ3) is 2.74. The Balaban J connectivity index is 2.19. The molecule has 0 aliphatic carbocycles. The summed E-state index contributed by atoms with van der Waals surface area (Å²) < 4.78 is 9.88. The minimum absolute atomic E-state index is 0.205. The van der Waals surface area contributed by atoms with Gasteiger partial charge in [-0.15, -0.1) is 0 Å². The topological polar surface area (TPSA) is 52.6 Å². The molecular weight excluding hydrogens is 232 g/mol. The molecule has 0 aliphatic heterocycles. The molecule has 4 heteroatoms. The summed E-state index contributed by atoms with van der Waals surface area (Å²) in [5.41, 5.74) is 0.429. The summed E-state index contributed by atoms with van der Waals surface area (Å²) in [6.45, 7) is 0.287. The first-order valence-electron chi connectivity index (χ1n) is 5.28. The smallest absolute Gasteiger partial charge is 0.343 e. The van der Waals surface area contributed by atoms with Crippen LogP contribution in [0.1, 0.15) is 10.4 Å². The molecule has 18 heavy (non-hydrogen) atoms. The van der Waals surface area contributed by atoms with Crippen LogP contribution in [-0.4, -0.2) is 12.4 Å². The minimum atomic E-state index is -0.502. The maximum Gasteiger partial charge on any atom is 0.343 e. The van der Waals surface area contributed by atoms with Gasteiger partial charge in [0.05, 0.1) is 5.56 Å². The lowest BCUT2D eigenvalue weighted by Gasteiger charge is -2.07. The van der Waals surface area contributed by atoms with Gasteiger partial charge in [-0.25, -0.2) is 4.79 Å². The number of ether oxygens (including phenoxy) is 2. The van der Waals surface area contributed by atoms with Crippen LogP contribution in [-0.2, 0) is 4.79 Å². The van der Waals surface area contributed by atoms with E-state index in [0.717, 1.165) is 0 Å². The molecule has 0 amide bonds. The number of para-hydroxylation sites is 2. The first kappa shape index (κ1) is 11.9. The highest BCUT2D eigenvalue weighted by Gasteiger charge is 2.11. The molecule has 0 aromatic heterocycles. The van der Waals surface area contributed by atoms with Crippen LogP contribution in [0.4, 0.5) is 0 Å². The third-order valence-corrected chi connectivity index (χ3v) is 2.24. The van der Waals surface area contributed by atoms with Crippen molar-refractivity contribution < 1.29 is 19.1 Å². The van der Waals surface area contributed by atoms with Gasteiger partial charge >= 0.3 is 5.97 Å². The second-order valence-corrected chi connectivity index (χ2v) is 3.42. The van der Waals surface area contributed by atoms with Gasteiger partial charge in [0.25, 0.3) is 6.47 Å². The fraction of sp³-hybridized carbons (Fsp3) is 0. The number of esters is 1. The van der Waals surface area contributed by atoms with Crippen LogP contribution in [0.3, 0.4) is 0 Å². The fourth-order valence-electron chi connectivity index (χ4n) is 1.42. The number of hydrogen-bond donors (Lipinski definition) is 0. The van der Waals surface area contributed by atoms with Gasteiger partial charge in [0.2, 0.25) is 0 Å². The summed E-state index contributed by atoms with van der Waals surface area (Å²) in [7, 11) is 0.